The highest BCUT2D eigenvalue weighted by atomic mass is 32.2. The number of aromatic nitrogens is 2. The molecule has 1 amide bonds. The molecule has 0 aliphatic carbocycles. The SMILES string of the molecule is CCOC(=O)c1ccccc1NC(=O)CSc1nnc(Cc2ccc(OC)c(OC)c2)o1. The maximum atomic E-state index is 12.3. The van der Waals surface area contributed by atoms with E-state index in [9.17, 15) is 9.59 Å². The number of ether oxygens (including phenoxy) is 3. The Labute approximate surface area is 189 Å². The molecule has 0 bridgehead atoms. The first-order valence-electron chi connectivity index (χ1n) is 9.76. The molecular weight excluding hydrogens is 434 g/mol. The van der Waals surface area contributed by atoms with Crippen LogP contribution in [0.15, 0.2) is 52.1 Å². The summed E-state index contributed by atoms with van der Waals surface area (Å²) >= 11 is 1.10. The molecule has 1 aromatic heterocycles. The maximum Gasteiger partial charge on any atom is 0.340 e. The number of hydrogen-bond acceptors (Lipinski definition) is 9. The molecule has 9 nitrogen and oxygen atoms in total. The van der Waals surface area contributed by atoms with Crippen molar-refractivity contribution < 1.29 is 28.2 Å². The summed E-state index contributed by atoms with van der Waals surface area (Å²) in [7, 11) is 3.14. The molecule has 2 aromatic carbocycles. The largest absolute Gasteiger partial charge is 0.493 e. The van der Waals surface area contributed by atoms with Crippen LogP contribution in [-0.4, -0.2) is 48.7 Å². The number of esters is 1. The van der Waals surface area contributed by atoms with Gasteiger partial charge in [0.05, 0.1) is 44.3 Å². The van der Waals surface area contributed by atoms with Crippen LogP contribution in [0.2, 0.25) is 0 Å². The van der Waals surface area contributed by atoms with Gasteiger partial charge in [-0.1, -0.05) is 30.0 Å². The molecule has 0 spiro atoms. The molecule has 10 heteroatoms. The summed E-state index contributed by atoms with van der Waals surface area (Å²) < 4.78 is 21.2. The Balaban J connectivity index is 1.57. The van der Waals surface area contributed by atoms with Crippen LogP contribution in [0.3, 0.4) is 0 Å². The third-order valence-electron chi connectivity index (χ3n) is 4.27. The lowest BCUT2D eigenvalue weighted by molar-refractivity contribution is -0.113. The molecule has 0 unspecified atom stereocenters. The number of amides is 1. The highest BCUT2D eigenvalue weighted by molar-refractivity contribution is 7.99. The third kappa shape index (κ3) is 6.01. The fourth-order valence-corrected chi connectivity index (χ4v) is 3.41. The van der Waals surface area contributed by atoms with E-state index in [1.165, 1.54) is 0 Å². The number of nitrogens with one attached hydrogen (secondary N) is 1. The number of nitrogens with zero attached hydrogens (tertiary/aromatic N) is 2. The van der Waals surface area contributed by atoms with Gasteiger partial charge in [0.25, 0.3) is 5.22 Å². The lowest BCUT2D eigenvalue weighted by Crippen LogP contribution is -2.17. The second-order valence-corrected chi connectivity index (χ2v) is 7.36. The summed E-state index contributed by atoms with van der Waals surface area (Å²) in [4.78, 5) is 24.4. The molecule has 0 saturated heterocycles. The Morgan fingerprint density at radius 1 is 1.06 bits per heavy atom. The maximum absolute atomic E-state index is 12.3. The number of rotatable bonds is 10. The third-order valence-corrected chi connectivity index (χ3v) is 5.09. The van der Waals surface area contributed by atoms with E-state index in [1.54, 1.807) is 51.5 Å². The topological polar surface area (TPSA) is 113 Å². The summed E-state index contributed by atoms with van der Waals surface area (Å²) in [6.07, 6.45) is 0.410. The molecule has 0 atom stereocenters. The fourth-order valence-electron chi connectivity index (χ4n) is 2.83. The van der Waals surface area contributed by atoms with Crippen LogP contribution in [0.25, 0.3) is 0 Å². The van der Waals surface area contributed by atoms with Crippen LogP contribution in [0.5, 0.6) is 11.5 Å². The van der Waals surface area contributed by atoms with Crippen LogP contribution in [-0.2, 0) is 16.0 Å². The highest BCUT2D eigenvalue weighted by Gasteiger charge is 2.16. The molecular formula is C22H23N3O6S. The van der Waals surface area contributed by atoms with Crippen LogP contribution >= 0.6 is 11.8 Å². The van der Waals surface area contributed by atoms with Crippen molar-refractivity contribution in [2.24, 2.45) is 0 Å². The van der Waals surface area contributed by atoms with Crippen molar-refractivity contribution in [2.75, 3.05) is 31.9 Å². The first-order valence-corrected chi connectivity index (χ1v) is 10.7. The van der Waals surface area contributed by atoms with E-state index in [0.29, 0.717) is 35.1 Å². The van der Waals surface area contributed by atoms with E-state index in [4.69, 9.17) is 18.6 Å². The number of thioether (sulfide) groups is 1. The summed E-state index contributed by atoms with van der Waals surface area (Å²) in [5.74, 6) is 0.884. The first-order chi connectivity index (χ1) is 15.5. The second-order valence-electron chi connectivity index (χ2n) is 6.43. The summed E-state index contributed by atoms with van der Waals surface area (Å²) in [5, 5.41) is 11.0. The minimum atomic E-state index is -0.493. The van der Waals surface area contributed by atoms with Gasteiger partial charge in [-0.15, -0.1) is 10.2 Å². The minimum Gasteiger partial charge on any atom is -0.493 e. The average molecular weight is 458 g/mol. The Morgan fingerprint density at radius 2 is 1.84 bits per heavy atom. The Kier molecular flexibility index (Phi) is 8.09. The molecule has 1 N–H and O–H groups in total. The number of anilines is 1. The van der Waals surface area contributed by atoms with Gasteiger partial charge in [-0.05, 0) is 36.8 Å². The zero-order valence-corrected chi connectivity index (χ0v) is 18.7. The minimum absolute atomic E-state index is 0.0369. The molecule has 3 aromatic rings. The Hall–Kier alpha value is -3.53. The van der Waals surface area contributed by atoms with Gasteiger partial charge in [-0.2, -0.15) is 0 Å². The van der Waals surface area contributed by atoms with Gasteiger partial charge < -0.3 is 23.9 Å². The lowest BCUT2D eigenvalue weighted by Gasteiger charge is -2.09. The van der Waals surface area contributed by atoms with Gasteiger partial charge in [-0.25, -0.2) is 4.79 Å². The zero-order chi connectivity index (χ0) is 22.9. The van der Waals surface area contributed by atoms with Crippen molar-refractivity contribution in [3.63, 3.8) is 0 Å². The van der Waals surface area contributed by atoms with Gasteiger partial charge in [0.1, 0.15) is 0 Å². The standard InChI is InChI=1S/C22H23N3O6S/c1-4-30-21(27)15-7-5-6-8-16(15)23-19(26)13-32-22-25-24-20(31-22)12-14-9-10-17(28-2)18(11-14)29-3/h5-11H,4,12-13H2,1-3H3,(H,23,26). The molecule has 0 fully saturated rings. The van der Waals surface area contributed by atoms with Crippen LogP contribution < -0.4 is 14.8 Å². The monoisotopic (exact) mass is 457 g/mol. The molecule has 0 aliphatic rings. The van der Waals surface area contributed by atoms with Crippen molar-refractivity contribution in [1.29, 1.82) is 0 Å². The van der Waals surface area contributed by atoms with Gasteiger partial charge in [-0.3, -0.25) is 4.79 Å². The molecule has 0 saturated carbocycles. The van der Waals surface area contributed by atoms with Gasteiger partial charge in [0.2, 0.25) is 11.8 Å². The van der Waals surface area contributed by atoms with E-state index in [1.807, 2.05) is 12.1 Å². The number of carbonyl (C=O) groups excluding carboxylic acids is 2. The van der Waals surface area contributed by atoms with Crippen LogP contribution in [0, 0.1) is 0 Å². The zero-order valence-electron chi connectivity index (χ0n) is 17.9. The van der Waals surface area contributed by atoms with Crippen LogP contribution in [0.1, 0.15) is 28.7 Å². The normalized spacial score (nSPS) is 10.5. The van der Waals surface area contributed by atoms with Crippen molar-refractivity contribution in [3.8, 4) is 11.5 Å². The van der Waals surface area contributed by atoms with Crippen LogP contribution in [0.4, 0.5) is 5.69 Å². The molecule has 0 aliphatic heterocycles. The molecule has 1 heterocycles. The predicted octanol–water partition coefficient (Wildman–Crippen LogP) is 3.59. The summed E-state index contributed by atoms with van der Waals surface area (Å²) in [5.41, 5.74) is 1.59. The van der Waals surface area contributed by atoms with E-state index >= 15 is 0 Å². The smallest absolute Gasteiger partial charge is 0.340 e. The number of para-hydroxylation sites is 1. The lowest BCUT2D eigenvalue weighted by atomic mass is 10.1. The number of hydrogen-bond donors (Lipinski definition) is 1. The summed E-state index contributed by atoms with van der Waals surface area (Å²) in [6, 6.07) is 12.2. The average Bonchev–Trinajstić information content (AvgIpc) is 3.25. The van der Waals surface area contributed by atoms with E-state index in [-0.39, 0.29) is 23.5 Å². The fraction of sp³-hybridized carbons (Fsp3) is 0.273. The quantitative estimate of drug-likeness (QED) is 0.360. The first kappa shape index (κ1) is 23.1. The number of benzene rings is 2. The van der Waals surface area contributed by atoms with E-state index in [0.717, 1.165) is 17.3 Å². The number of methoxy groups -OCH3 is 2. The highest BCUT2D eigenvalue weighted by Crippen LogP contribution is 2.28. The Morgan fingerprint density at radius 3 is 2.59 bits per heavy atom. The predicted molar refractivity (Wildman–Crippen MR) is 118 cm³/mol. The molecule has 3 rings (SSSR count). The van der Waals surface area contributed by atoms with Crippen molar-refractivity contribution in [1.82, 2.24) is 10.2 Å². The van der Waals surface area contributed by atoms with Gasteiger partial charge in [0, 0.05) is 0 Å². The van der Waals surface area contributed by atoms with Crippen molar-refractivity contribution >= 4 is 29.3 Å². The second kappa shape index (κ2) is 11.2. The van der Waals surface area contributed by atoms with Crippen molar-refractivity contribution in [3.05, 3.63) is 59.5 Å². The van der Waals surface area contributed by atoms with Crippen molar-refractivity contribution in [2.45, 2.75) is 18.6 Å². The molecule has 168 valence electrons. The van der Waals surface area contributed by atoms with Gasteiger partial charge in [0.15, 0.2) is 11.5 Å². The number of carbonyl (C=O) groups is 2. The van der Waals surface area contributed by atoms with Gasteiger partial charge >= 0.3 is 5.97 Å². The van der Waals surface area contributed by atoms with E-state index in [2.05, 4.69) is 15.5 Å². The summed E-state index contributed by atoms with van der Waals surface area (Å²) in [6.45, 7) is 1.97. The van der Waals surface area contributed by atoms with E-state index < -0.39 is 5.97 Å². The molecule has 32 heavy (non-hydrogen) atoms. The Bertz CT molecular complexity index is 1090. The molecule has 0 radical (unpaired) electrons.